The largest absolute Gasteiger partial charge is 0.506 e. The molecule has 1 aromatic carbocycles. The molecular weight excluding hydrogens is 350 g/mol. The Hall–Kier alpha value is -2.86. The van der Waals surface area contributed by atoms with Crippen LogP contribution in [-0.4, -0.2) is 26.1 Å². The average Bonchev–Trinajstić information content (AvgIpc) is 2.65. The smallest absolute Gasteiger partial charge is 0.225 e. The summed E-state index contributed by atoms with van der Waals surface area (Å²) in [5.41, 5.74) is 2.08. The van der Waals surface area contributed by atoms with Crippen molar-refractivity contribution in [3.8, 4) is 17.0 Å². The van der Waals surface area contributed by atoms with Crippen LogP contribution in [0.2, 0.25) is 5.02 Å². The van der Waals surface area contributed by atoms with Crippen LogP contribution >= 0.6 is 11.6 Å². The Morgan fingerprint density at radius 1 is 1.19 bits per heavy atom. The van der Waals surface area contributed by atoms with Gasteiger partial charge < -0.3 is 15.7 Å². The molecule has 0 saturated heterocycles. The number of halogens is 1. The highest BCUT2D eigenvalue weighted by Gasteiger charge is 2.11. The van der Waals surface area contributed by atoms with E-state index in [1.807, 2.05) is 12.1 Å². The molecule has 0 bridgehead atoms. The molecule has 0 saturated carbocycles. The molecule has 0 spiro atoms. The maximum atomic E-state index is 10.0. The number of pyridine rings is 1. The number of hydrogen-bond donors (Lipinski definition) is 3. The summed E-state index contributed by atoms with van der Waals surface area (Å²) in [5.74, 6) is 1.14. The Labute approximate surface area is 157 Å². The Bertz CT molecular complexity index is 888. The minimum Gasteiger partial charge on any atom is -0.506 e. The number of nitrogens with zero attached hydrogens (tertiary/aromatic N) is 3. The number of hydrogen-bond acceptors (Lipinski definition) is 6. The molecule has 7 heteroatoms. The van der Waals surface area contributed by atoms with E-state index >= 15 is 0 Å². The van der Waals surface area contributed by atoms with Gasteiger partial charge in [0.2, 0.25) is 5.95 Å². The van der Waals surface area contributed by atoms with Crippen LogP contribution in [0.4, 0.5) is 17.5 Å². The standard InChI is InChI=1S/C19H20ClN5O/c1-3-12(2)22-19-24-15(13-5-4-8-21-11-13)10-18(25-19)23-16-9-14(20)6-7-17(16)26/h4-12,26H,3H2,1-2H3,(H2,22,23,24,25)/t12-/m0/s1. The van der Waals surface area contributed by atoms with Gasteiger partial charge in [0.05, 0.1) is 11.4 Å². The summed E-state index contributed by atoms with van der Waals surface area (Å²) in [5, 5.41) is 17.0. The van der Waals surface area contributed by atoms with Crippen molar-refractivity contribution in [1.82, 2.24) is 15.0 Å². The third kappa shape index (κ3) is 4.40. The molecule has 1 atom stereocenters. The fraction of sp³-hybridized carbons (Fsp3) is 0.211. The predicted octanol–water partition coefficient (Wildman–Crippen LogP) is 4.85. The van der Waals surface area contributed by atoms with E-state index in [1.54, 1.807) is 30.6 Å². The first-order valence-electron chi connectivity index (χ1n) is 8.36. The Kier molecular flexibility index (Phi) is 5.53. The van der Waals surface area contributed by atoms with E-state index in [9.17, 15) is 5.11 Å². The fourth-order valence-electron chi connectivity index (χ4n) is 2.31. The van der Waals surface area contributed by atoms with Gasteiger partial charge in [0.25, 0.3) is 0 Å². The van der Waals surface area contributed by atoms with Crippen LogP contribution in [0.15, 0.2) is 48.8 Å². The lowest BCUT2D eigenvalue weighted by atomic mass is 10.2. The third-order valence-electron chi connectivity index (χ3n) is 3.89. The number of anilines is 3. The Balaban J connectivity index is 2.00. The first-order valence-corrected chi connectivity index (χ1v) is 8.74. The Morgan fingerprint density at radius 3 is 2.77 bits per heavy atom. The van der Waals surface area contributed by atoms with E-state index in [-0.39, 0.29) is 11.8 Å². The highest BCUT2D eigenvalue weighted by molar-refractivity contribution is 6.30. The SMILES string of the molecule is CC[C@H](C)Nc1nc(Nc2cc(Cl)ccc2O)cc(-c2cccnc2)n1. The van der Waals surface area contributed by atoms with E-state index < -0.39 is 0 Å². The summed E-state index contributed by atoms with van der Waals surface area (Å²) >= 11 is 6.02. The molecule has 6 nitrogen and oxygen atoms in total. The van der Waals surface area contributed by atoms with Crippen LogP contribution in [0, 0.1) is 0 Å². The zero-order chi connectivity index (χ0) is 18.5. The van der Waals surface area contributed by atoms with Gasteiger partial charge in [-0.2, -0.15) is 4.98 Å². The van der Waals surface area contributed by atoms with Crippen LogP contribution in [0.3, 0.4) is 0 Å². The fourth-order valence-corrected chi connectivity index (χ4v) is 2.48. The molecular formula is C19H20ClN5O. The van der Waals surface area contributed by atoms with Crippen LogP contribution < -0.4 is 10.6 Å². The normalized spacial score (nSPS) is 11.8. The number of benzene rings is 1. The van der Waals surface area contributed by atoms with E-state index in [2.05, 4.69) is 39.4 Å². The molecule has 0 aliphatic heterocycles. The zero-order valence-corrected chi connectivity index (χ0v) is 15.3. The van der Waals surface area contributed by atoms with Gasteiger partial charge in [-0.3, -0.25) is 4.98 Å². The molecule has 2 aromatic heterocycles. The van der Waals surface area contributed by atoms with Crippen molar-refractivity contribution < 1.29 is 5.11 Å². The first-order chi connectivity index (χ1) is 12.5. The number of rotatable bonds is 6. The zero-order valence-electron chi connectivity index (χ0n) is 14.6. The van der Waals surface area contributed by atoms with Crippen molar-refractivity contribution in [2.45, 2.75) is 26.3 Å². The maximum Gasteiger partial charge on any atom is 0.225 e. The molecule has 0 amide bonds. The molecule has 0 unspecified atom stereocenters. The molecule has 3 rings (SSSR count). The summed E-state index contributed by atoms with van der Waals surface area (Å²) in [4.78, 5) is 13.2. The lowest BCUT2D eigenvalue weighted by Crippen LogP contribution is -2.16. The van der Waals surface area contributed by atoms with E-state index in [1.165, 1.54) is 6.07 Å². The molecule has 26 heavy (non-hydrogen) atoms. The summed E-state index contributed by atoms with van der Waals surface area (Å²) in [6, 6.07) is 10.6. The second kappa shape index (κ2) is 8.01. The quantitative estimate of drug-likeness (QED) is 0.538. The third-order valence-corrected chi connectivity index (χ3v) is 4.13. The van der Waals surface area contributed by atoms with Crippen LogP contribution in [0.1, 0.15) is 20.3 Å². The molecule has 2 heterocycles. The van der Waals surface area contributed by atoms with Crippen molar-refractivity contribution in [2.24, 2.45) is 0 Å². The van der Waals surface area contributed by atoms with Gasteiger partial charge in [-0.1, -0.05) is 18.5 Å². The molecule has 0 fully saturated rings. The number of nitrogens with one attached hydrogen (secondary N) is 2. The summed E-state index contributed by atoms with van der Waals surface area (Å²) < 4.78 is 0. The second-order valence-corrected chi connectivity index (χ2v) is 6.38. The van der Waals surface area contributed by atoms with Gasteiger partial charge in [-0.05, 0) is 43.7 Å². The van der Waals surface area contributed by atoms with Crippen molar-refractivity contribution in [1.29, 1.82) is 0 Å². The summed E-state index contributed by atoms with van der Waals surface area (Å²) in [6.45, 7) is 4.15. The monoisotopic (exact) mass is 369 g/mol. The van der Waals surface area contributed by atoms with Gasteiger partial charge in [0.15, 0.2) is 0 Å². The van der Waals surface area contributed by atoms with Crippen LogP contribution in [-0.2, 0) is 0 Å². The van der Waals surface area contributed by atoms with Gasteiger partial charge in [0, 0.05) is 35.1 Å². The average molecular weight is 370 g/mol. The van der Waals surface area contributed by atoms with Gasteiger partial charge in [-0.15, -0.1) is 0 Å². The first kappa shape index (κ1) is 17.9. The van der Waals surface area contributed by atoms with E-state index in [0.717, 1.165) is 17.7 Å². The van der Waals surface area contributed by atoms with Crippen molar-refractivity contribution in [3.63, 3.8) is 0 Å². The molecule has 3 N–H and O–H groups in total. The number of phenols is 1. The highest BCUT2D eigenvalue weighted by atomic mass is 35.5. The minimum atomic E-state index is 0.0902. The summed E-state index contributed by atoms with van der Waals surface area (Å²) in [7, 11) is 0. The van der Waals surface area contributed by atoms with E-state index in [0.29, 0.717) is 22.5 Å². The van der Waals surface area contributed by atoms with Crippen LogP contribution in [0.25, 0.3) is 11.3 Å². The van der Waals surface area contributed by atoms with Crippen molar-refractivity contribution in [2.75, 3.05) is 10.6 Å². The Morgan fingerprint density at radius 2 is 2.04 bits per heavy atom. The van der Waals surface area contributed by atoms with Gasteiger partial charge in [-0.25, -0.2) is 4.98 Å². The number of phenolic OH excluding ortho intramolecular Hbond substituents is 1. The number of aromatic nitrogens is 3. The topological polar surface area (TPSA) is 83.0 Å². The van der Waals surface area contributed by atoms with Gasteiger partial charge >= 0.3 is 0 Å². The molecule has 0 aliphatic carbocycles. The number of aromatic hydroxyl groups is 1. The van der Waals surface area contributed by atoms with Crippen LogP contribution in [0.5, 0.6) is 5.75 Å². The minimum absolute atomic E-state index is 0.0902. The molecule has 3 aromatic rings. The van der Waals surface area contributed by atoms with Crippen molar-refractivity contribution in [3.05, 3.63) is 53.8 Å². The second-order valence-electron chi connectivity index (χ2n) is 5.94. The van der Waals surface area contributed by atoms with Gasteiger partial charge in [0.1, 0.15) is 11.6 Å². The summed E-state index contributed by atoms with van der Waals surface area (Å²) in [6.07, 6.45) is 4.40. The predicted molar refractivity (Wildman–Crippen MR) is 105 cm³/mol. The molecule has 0 radical (unpaired) electrons. The van der Waals surface area contributed by atoms with Crippen molar-refractivity contribution >= 4 is 29.1 Å². The lowest BCUT2D eigenvalue weighted by molar-refractivity contribution is 0.477. The highest BCUT2D eigenvalue weighted by Crippen LogP contribution is 2.30. The molecule has 134 valence electrons. The van der Waals surface area contributed by atoms with E-state index in [4.69, 9.17) is 11.6 Å². The lowest BCUT2D eigenvalue weighted by Gasteiger charge is -2.15. The molecule has 0 aliphatic rings. The maximum absolute atomic E-state index is 10.0.